The Kier molecular flexibility index (Phi) is 4.51. The van der Waals surface area contributed by atoms with Crippen LogP contribution in [0.1, 0.15) is 22.3 Å². The monoisotopic (exact) mass is 242 g/mol. The van der Waals surface area contributed by atoms with E-state index in [1.165, 1.54) is 22.3 Å². The molecule has 2 aromatic carbocycles. The van der Waals surface area contributed by atoms with E-state index in [4.69, 9.17) is 0 Å². The summed E-state index contributed by atoms with van der Waals surface area (Å²) in [7, 11) is 0. The summed E-state index contributed by atoms with van der Waals surface area (Å²) in [5, 5.41) is 0. The van der Waals surface area contributed by atoms with Gasteiger partial charge < -0.3 is 11.5 Å². The Balaban J connectivity index is 1.93. The SMILES string of the molecule is [NH3+]Cc1ccc(CCc2ccc(C[NH3+])cc2)cc1. The van der Waals surface area contributed by atoms with Gasteiger partial charge in [0.05, 0.1) is 13.1 Å². The molecule has 6 N–H and O–H groups in total. The molecule has 0 fully saturated rings. The zero-order valence-corrected chi connectivity index (χ0v) is 10.9. The molecule has 18 heavy (non-hydrogen) atoms. The molecule has 0 aliphatic heterocycles. The molecule has 0 aliphatic carbocycles. The molecule has 0 radical (unpaired) electrons. The normalized spacial score (nSPS) is 10.6. The molecule has 2 rings (SSSR count). The molecule has 0 spiro atoms. The van der Waals surface area contributed by atoms with Crippen LogP contribution in [0.25, 0.3) is 0 Å². The summed E-state index contributed by atoms with van der Waals surface area (Å²) in [6, 6.07) is 17.6. The van der Waals surface area contributed by atoms with E-state index in [1.807, 2.05) is 0 Å². The standard InChI is InChI=1S/C16H20N2/c17-11-15-7-3-13(4-8-15)1-2-14-5-9-16(12-18)10-6-14/h3-10H,1-2,11-12,17-18H2/p+2. The third-order valence-electron chi connectivity index (χ3n) is 3.33. The number of aryl methyl sites for hydroxylation is 2. The largest absolute Gasteiger partial charge is 0.354 e. The number of hydrogen-bond acceptors (Lipinski definition) is 0. The molecule has 2 nitrogen and oxygen atoms in total. The number of quaternary nitrogens is 2. The van der Waals surface area contributed by atoms with Crippen LogP contribution in [0, 0.1) is 0 Å². The first kappa shape index (κ1) is 12.8. The van der Waals surface area contributed by atoms with E-state index in [1.54, 1.807) is 0 Å². The first-order valence-electron chi connectivity index (χ1n) is 6.56. The van der Waals surface area contributed by atoms with E-state index in [-0.39, 0.29) is 0 Å². The lowest BCUT2D eigenvalue weighted by Gasteiger charge is -2.04. The van der Waals surface area contributed by atoms with Crippen molar-refractivity contribution < 1.29 is 11.5 Å². The van der Waals surface area contributed by atoms with Crippen LogP contribution in [0.5, 0.6) is 0 Å². The molecular formula is C16H22N2+2. The van der Waals surface area contributed by atoms with Gasteiger partial charge in [-0.1, -0.05) is 48.5 Å². The van der Waals surface area contributed by atoms with Gasteiger partial charge in [-0.2, -0.15) is 0 Å². The van der Waals surface area contributed by atoms with Crippen molar-refractivity contribution in [3.63, 3.8) is 0 Å². The molecule has 0 saturated carbocycles. The highest BCUT2D eigenvalue weighted by Crippen LogP contribution is 2.10. The average Bonchev–Trinajstić information content (AvgIpc) is 2.46. The average molecular weight is 242 g/mol. The Labute approximate surface area is 109 Å². The summed E-state index contributed by atoms with van der Waals surface area (Å²) in [6.45, 7) is 1.74. The molecule has 0 unspecified atom stereocenters. The molecule has 0 atom stereocenters. The molecule has 0 bridgehead atoms. The smallest absolute Gasteiger partial charge is 0.0997 e. The molecular weight excluding hydrogens is 220 g/mol. The second-order valence-electron chi connectivity index (χ2n) is 4.63. The van der Waals surface area contributed by atoms with Crippen molar-refractivity contribution in [2.24, 2.45) is 0 Å². The van der Waals surface area contributed by atoms with Gasteiger partial charge in [0.15, 0.2) is 0 Å². The minimum Gasteiger partial charge on any atom is -0.354 e. The Morgan fingerprint density at radius 3 is 1.06 bits per heavy atom. The van der Waals surface area contributed by atoms with Crippen molar-refractivity contribution in [3.8, 4) is 0 Å². The lowest BCUT2D eigenvalue weighted by atomic mass is 10.0. The van der Waals surface area contributed by atoms with Crippen LogP contribution in [0.4, 0.5) is 0 Å². The third-order valence-corrected chi connectivity index (χ3v) is 3.33. The van der Waals surface area contributed by atoms with E-state index in [0.717, 1.165) is 25.9 Å². The number of hydrogen-bond donors (Lipinski definition) is 2. The summed E-state index contributed by atoms with van der Waals surface area (Å²) in [4.78, 5) is 0. The van der Waals surface area contributed by atoms with Crippen molar-refractivity contribution in [2.45, 2.75) is 25.9 Å². The summed E-state index contributed by atoms with van der Waals surface area (Å²) in [5.74, 6) is 0. The fraction of sp³-hybridized carbons (Fsp3) is 0.250. The number of rotatable bonds is 5. The van der Waals surface area contributed by atoms with Gasteiger partial charge in [-0.05, 0) is 24.0 Å². The fourth-order valence-electron chi connectivity index (χ4n) is 2.03. The zero-order chi connectivity index (χ0) is 12.8. The highest BCUT2D eigenvalue weighted by atomic mass is 14.5. The first-order chi connectivity index (χ1) is 8.81. The van der Waals surface area contributed by atoms with Gasteiger partial charge in [-0.25, -0.2) is 0 Å². The van der Waals surface area contributed by atoms with Gasteiger partial charge in [0.25, 0.3) is 0 Å². The molecule has 2 heteroatoms. The van der Waals surface area contributed by atoms with Gasteiger partial charge in [0.2, 0.25) is 0 Å². The molecule has 0 aliphatic rings. The van der Waals surface area contributed by atoms with Crippen molar-refractivity contribution >= 4 is 0 Å². The van der Waals surface area contributed by atoms with Crippen LogP contribution in [0.2, 0.25) is 0 Å². The first-order valence-corrected chi connectivity index (χ1v) is 6.56. The third kappa shape index (κ3) is 3.42. The predicted molar refractivity (Wildman–Crippen MR) is 73.5 cm³/mol. The molecule has 2 aromatic rings. The van der Waals surface area contributed by atoms with Crippen molar-refractivity contribution in [1.82, 2.24) is 0 Å². The highest BCUT2D eigenvalue weighted by Gasteiger charge is 1.98. The Morgan fingerprint density at radius 2 is 0.778 bits per heavy atom. The summed E-state index contributed by atoms with van der Waals surface area (Å²) in [6.07, 6.45) is 2.20. The maximum atomic E-state index is 3.89. The second-order valence-corrected chi connectivity index (χ2v) is 4.63. The number of benzene rings is 2. The lowest BCUT2D eigenvalue weighted by Crippen LogP contribution is -2.47. The zero-order valence-electron chi connectivity index (χ0n) is 10.9. The Hall–Kier alpha value is -1.64. The molecule has 0 saturated heterocycles. The minimum atomic E-state index is 0.868. The van der Waals surface area contributed by atoms with Crippen molar-refractivity contribution in [1.29, 1.82) is 0 Å². The van der Waals surface area contributed by atoms with Crippen LogP contribution in [-0.4, -0.2) is 0 Å². The van der Waals surface area contributed by atoms with Crippen molar-refractivity contribution in [2.75, 3.05) is 0 Å². The second kappa shape index (κ2) is 6.34. The lowest BCUT2D eigenvalue weighted by molar-refractivity contribution is -0.386. The van der Waals surface area contributed by atoms with E-state index in [9.17, 15) is 0 Å². The maximum Gasteiger partial charge on any atom is 0.0997 e. The predicted octanol–water partition coefficient (Wildman–Crippen LogP) is 0.956. The Bertz CT molecular complexity index is 424. The van der Waals surface area contributed by atoms with E-state index < -0.39 is 0 Å². The van der Waals surface area contributed by atoms with E-state index >= 15 is 0 Å². The van der Waals surface area contributed by atoms with Crippen molar-refractivity contribution in [3.05, 3.63) is 70.8 Å². The topological polar surface area (TPSA) is 55.3 Å². The van der Waals surface area contributed by atoms with Gasteiger partial charge in [0.1, 0.15) is 0 Å². The summed E-state index contributed by atoms with van der Waals surface area (Å²) >= 11 is 0. The van der Waals surface area contributed by atoms with E-state index in [0.29, 0.717) is 0 Å². The van der Waals surface area contributed by atoms with E-state index in [2.05, 4.69) is 60.0 Å². The summed E-state index contributed by atoms with van der Waals surface area (Å²) in [5.41, 5.74) is 13.2. The quantitative estimate of drug-likeness (QED) is 0.784. The maximum absolute atomic E-state index is 3.89. The molecule has 0 amide bonds. The highest BCUT2D eigenvalue weighted by molar-refractivity contribution is 5.25. The van der Waals surface area contributed by atoms with Crippen LogP contribution < -0.4 is 11.5 Å². The van der Waals surface area contributed by atoms with Gasteiger partial charge in [-0.15, -0.1) is 0 Å². The van der Waals surface area contributed by atoms with Gasteiger partial charge >= 0.3 is 0 Å². The van der Waals surface area contributed by atoms with Crippen LogP contribution in [0.15, 0.2) is 48.5 Å². The summed E-state index contributed by atoms with van der Waals surface area (Å²) < 4.78 is 0. The molecule has 94 valence electrons. The molecule has 0 heterocycles. The molecule has 0 aromatic heterocycles. The van der Waals surface area contributed by atoms with Gasteiger partial charge in [-0.3, -0.25) is 0 Å². The minimum absolute atomic E-state index is 0.868. The Morgan fingerprint density at radius 1 is 0.500 bits per heavy atom. The van der Waals surface area contributed by atoms with Crippen LogP contribution >= 0.6 is 0 Å². The van der Waals surface area contributed by atoms with Crippen LogP contribution in [-0.2, 0) is 25.9 Å². The van der Waals surface area contributed by atoms with Crippen LogP contribution in [0.3, 0.4) is 0 Å². The fourth-order valence-corrected chi connectivity index (χ4v) is 2.03. The van der Waals surface area contributed by atoms with Gasteiger partial charge in [0, 0.05) is 11.1 Å².